The predicted octanol–water partition coefficient (Wildman–Crippen LogP) is 1.75. The zero-order chi connectivity index (χ0) is 15.4. The van der Waals surface area contributed by atoms with Crippen LogP contribution in [0.5, 0.6) is 5.75 Å². The molecule has 2 rings (SSSR count). The molecule has 1 aromatic rings. The summed E-state index contributed by atoms with van der Waals surface area (Å²) in [5.74, 6) is -0.423. The van der Waals surface area contributed by atoms with Crippen molar-refractivity contribution < 1.29 is 19.4 Å². The second-order valence-electron chi connectivity index (χ2n) is 4.55. The van der Waals surface area contributed by atoms with Gasteiger partial charge in [0, 0.05) is 5.70 Å². The van der Waals surface area contributed by atoms with Crippen molar-refractivity contribution in [3.63, 3.8) is 0 Å². The lowest BCUT2D eigenvalue weighted by Crippen LogP contribution is -2.45. The Morgan fingerprint density at radius 3 is 2.71 bits per heavy atom. The van der Waals surface area contributed by atoms with Crippen molar-refractivity contribution in [3.8, 4) is 5.75 Å². The number of urea groups is 1. The normalized spacial score (nSPS) is 17.8. The van der Waals surface area contributed by atoms with Gasteiger partial charge >= 0.3 is 12.0 Å². The number of rotatable bonds is 4. The molecule has 0 aromatic heterocycles. The second-order valence-corrected chi connectivity index (χ2v) is 4.55. The van der Waals surface area contributed by atoms with E-state index in [1.165, 1.54) is 18.2 Å². The Hall–Kier alpha value is -2.76. The highest BCUT2D eigenvalue weighted by Crippen LogP contribution is 2.28. The second kappa shape index (κ2) is 6.13. The van der Waals surface area contributed by atoms with Gasteiger partial charge in [-0.25, -0.2) is 9.59 Å². The minimum Gasteiger partial charge on any atom is -0.508 e. The van der Waals surface area contributed by atoms with E-state index in [2.05, 4.69) is 17.2 Å². The largest absolute Gasteiger partial charge is 0.508 e. The van der Waals surface area contributed by atoms with Crippen molar-refractivity contribution in [2.45, 2.75) is 13.0 Å². The summed E-state index contributed by atoms with van der Waals surface area (Å²) in [7, 11) is 0. The molecule has 0 radical (unpaired) electrons. The zero-order valence-corrected chi connectivity index (χ0v) is 11.6. The Labute approximate surface area is 122 Å². The first-order chi connectivity index (χ1) is 10.0. The van der Waals surface area contributed by atoms with Crippen LogP contribution < -0.4 is 10.6 Å². The molecule has 0 fully saturated rings. The Morgan fingerprint density at radius 2 is 2.10 bits per heavy atom. The van der Waals surface area contributed by atoms with Crippen molar-refractivity contribution in [1.29, 1.82) is 0 Å². The number of phenolic OH excluding ortho intramolecular Hbond substituents is 1. The van der Waals surface area contributed by atoms with E-state index in [0.29, 0.717) is 16.8 Å². The number of hydrogen-bond acceptors (Lipinski definition) is 4. The topological polar surface area (TPSA) is 87.7 Å². The predicted molar refractivity (Wildman–Crippen MR) is 76.4 cm³/mol. The van der Waals surface area contributed by atoms with Crippen LogP contribution in [-0.4, -0.2) is 23.7 Å². The lowest BCUT2D eigenvalue weighted by Gasteiger charge is -2.28. The highest BCUT2D eigenvalue weighted by Gasteiger charge is 2.31. The molecule has 1 aliphatic rings. The fourth-order valence-corrected chi connectivity index (χ4v) is 2.09. The number of benzene rings is 1. The van der Waals surface area contributed by atoms with Crippen LogP contribution in [0.4, 0.5) is 4.79 Å². The van der Waals surface area contributed by atoms with Crippen LogP contribution in [0.1, 0.15) is 18.5 Å². The smallest absolute Gasteiger partial charge is 0.338 e. The van der Waals surface area contributed by atoms with Crippen molar-refractivity contribution >= 4 is 12.0 Å². The molecular formula is C15H16N2O4. The Bertz CT molecular complexity index is 605. The van der Waals surface area contributed by atoms with Gasteiger partial charge in [-0.05, 0) is 24.6 Å². The third-order valence-corrected chi connectivity index (χ3v) is 3.05. The van der Waals surface area contributed by atoms with E-state index < -0.39 is 18.0 Å². The molecule has 0 spiro atoms. The van der Waals surface area contributed by atoms with E-state index in [9.17, 15) is 14.7 Å². The van der Waals surface area contributed by atoms with Gasteiger partial charge in [-0.1, -0.05) is 24.8 Å². The third-order valence-electron chi connectivity index (χ3n) is 3.05. The highest BCUT2D eigenvalue weighted by molar-refractivity contribution is 5.95. The first-order valence-electron chi connectivity index (χ1n) is 6.38. The van der Waals surface area contributed by atoms with E-state index in [0.717, 1.165) is 0 Å². The Balaban J connectivity index is 2.37. The first-order valence-corrected chi connectivity index (χ1v) is 6.38. The monoisotopic (exact) mass is 288 g/mol. The highest BCUT2D eigenvalue weighted by atomic mass is 16.5. The lowest BCUT2D eigenvalue weighted by atomic mass is 9.95. The number of hydrogen-bond donors (Lipinski definition) is 3. The molecule has 0 bridgehead atoms. The average Bonchev–Trinajstić information content (AvgIpc) is 2.44. The summed E-state index contributed by atoms with van der Waals surface area (Å²) >= 11 is 0. The van der Waals surface area contributed by atoms with Crippen LogP contribution in [0.3, 0.4) is 0 Å². The summed E-state index contributed by atoms with van der Waals surface area (Å²) in [5, 5.41) is 14.6. The lowest BCUT2D eigenvalue weighted by molar-refractivity contribution is -0.138. The minimum absolute atomic E-state index is 0.0891. The van der Waals surface area contributed by atoms with Crippen molar-refractivity contribution in [2.75, 3.05) is 6.61 Å². The molecule has 21 heavy (non-hydrogen) atoms. The summed E-state index contributed by atoms with van der Waals surface area (Å²) in [4.78, 5) is 23.8. The Kier molecular flexibility index (Phi) is 4.27. The molecule has 0 unspecified atom stereocenters. The molecule has 1 aromatic carbocycles. The number of phenols is 1. The van der Waals surface area contributed by atoms with Crippen molar-refractivity contribution in [3.05, 3.63) is 53.8 Å². The van der Waals surface area contributed by atoms with E-state index in [1.54, 1.807) is 19.1 Å². The Morgan fingerprint density at radius 1 is 1.43 bits per heavy atom. The van der Waals surface area contributed by atoms with Gasteiger partial charge in [-0.2, -0.15) is 0 Å². The summed E-state index contributed by atoms with van der Waals surface area (Å²) in [6.07, 6.45) is 1.47. The molecule has 0 saturated carbocycles. The standard InChI is InChI=1S/C15H16N2O4/c1-3-8-21-14(19)12-9(2)16-15(20)17-13(12)10-4-6-11(18)7-5-10/h3-7,13,18H,1,8H2,2H3,(H2,16,17,20)/t13-/m1/s1. The van der Waals surface area contributed by atoms with Gasteiger partial charge in [-0.3, -0.25) is 0 Å². The zero-order valence-electron chi connectivity index (χ0n) is 11.6. The van der Waals surface area contributed by atoms with Crippen LogP contribution in [0.25, 0.3) is 0 Å². The van der Waals surface area contributed by atoms with E-state index in [1.807, 2.05) is 0 Å². The summed E-state index contributed by atoms with van der Waals surface area (Å²) in [6, 6.07) is 5.23. The van der Waals surface area contributed by atoms with Gasteiger partial charge in [0.2, 0.25) is 0 Å². The van der Waals surface area contributed by atoms with Crippen LogP contribution in [0.2, 0.25) is 0 Å². The number of allylic oxidation sites excluding steroid dienone is 1. The van der Waals surface area contributed by atoms with E-state index >= 15 is 0 Å². The van der Waals surface area contributed by atoms with Crippen molar-refractivity contribution in [1.82, 2.24) is 10.6 Å². The van der Waals surface area contributed by atoms with Gasteiger partial charge in [0.15, 0.2) is 0 Å². The number of aromatic hydroxyl groups is 1. The molecule has 1 aliphatic heterocycles. The average molecular weight is 288 g/mol. The molecule has 6 nitrogen and oxygen atoms in total. The number of carbonyl (C=O) groups is 2. The maximum Gasteiger partial charge on any atom is 0.338 e. The van der Waals surface area contributed by atoms with Gasteiger partial charge in [0.25, 0.3) is 0 Å². The number of carbonyl (C=O) groups excluding carboxylic acids is 2. The summed E-state index contributed by atoms with van der Waals surface area (Å²) < 4.78 is 5.06. The molecule has 3 N–H and O–H groups in total. The van der Waals surface area contributed by atoms with Gasteiger partial charge < -0.3 is 20.5 Å². The van der Waals surface area contributed by atoms with Crippen LogP contribution >= 0.6 is 0 Å². The number of ether oxygens (including phenoxy) is 1. The fraction of sp³-hybridized carbons (Fsp3) is 0.200. The SMILES string of the molecule is C=CCOC(=O)C1=C(C)NC(=O)N[C@@H]1c1ccc(O)cc1. The van der Waals surface area contributed by atoms with Crippen LogP contribution in [0, 0.1) is 0 Å². The van der Waals surface area contributed by atoms with Gasteiger partial charge in [-0.15, -0.1) is 0 Å². The van der Waals surface area contributed by atoms with Gasteiger partial charge in [0.1, 0.15) is 12.4 Å². The minimum atomic E-state index is -0.628. The quantitative estimate of drug-likeness (QED) is 0.582. The molecule has 1 atom stereocenters. The maximum atomic E-state index is 12.2. The fourth-order valence-electron chi connectivity index (χ4n) is 2.09. The van der Waals surface area contributed by atoms with Crippen LogP contribution in [-0.2, 0) is 9.53 Å². The van der Waals surface area contributed by atoms with E-state index in [4.69, 9.17) is 4.74 Å². The van der Waals surface area contributed by atoms with Crippen LogP contribution in [0.15, 0.2) is 48.2 Å². The number of esters is 1. The molecular weight excluding hydrogens is 272 g/mol. The summed E-state index contributed by atoms with van der Waals surface area (Å²) in [6.45, 7) is 5.21. The van der Waals surface area contributed by atoms with E-state index in [-0.39, 0.29) is 12.4 Å². The molecule has 0 saturated heterocycles. The molecule has 110 valence electrons. The third kappa shape index (κ3) is 3.22. The first kappa shape index (κ1) is 14.6. The van der Waals surface area contributed by atoms with Gasteiger partial charge in [0.05, 0.1) is 11.6 Å². The molecule has 2 amide bonds. The molecule has 1 heterocycles. The number of amides is 2. The maximum absolute atomic E-state index is 12.2. The summed E-state index contributed by atoms with van der Waals surface area (Å²) in [5.41, 5.74) is 1.43. The molecule has 6 heteroatoms. The van der Waals surface area contributed by atoms with Crippen molar-refractivity contribution in [2.24, 2.45) is 0 Å². The number of nitrogens with one attached hydrogen (secondary N) is 2. The molecule has 0 aliphatic carbocycles.